The van der Waals surface area contributed by atoms with Crippen molar-refractivity contribution in [2.75, 3.05) is 13.2 Å². The summed E-state index contributed by atoms with van der Waals surface area (Å²) in [7, 11) is 0. The molecule has 0 aromatic carbocycles. The molecule has 0 amide bonds. The molecule has 454 valence electrons. The Morgan fingerprint density at radius 1 is 0.266 bits per heavy atom. The van der Waals surface area contributed by atoms with E-state index in [1.165, 1.54) is 167 Å². The van der Waals surface area contributed by atoms with Crippen molar-refractivity contribution in [3.8, 4) is 0 Å². The summed E-state index contributed by atoms with van der Waals surface area (Å²) in [5.74, 6) is -0.891. The Labute approximate surface area is 489 Å². The van der Waals surface area contributed by atoms with Crippen LogP contribution in [-0.4, -0.2) is 37.2 Å². The lowest BCUT2D eigenvalue weighted by Gasteiger charge is -2.18. The van der Waals surface area contributed by atoms with Crippen LogP contribution in [0.3, 0.4) is 0 Å². The highest BCUT2D eigenvalue weighted by atomic mass is 16.6. The summed E-state index contributed by atoms with van der Waals surface area (Å²) < 4.78 is 16.9. The van der Waals surface area contributed by atoms with E-state index in [9.17, 15) is 14.4 Å². The first kappa shape index (κ1) is 75.3. The van der Waals surface area contributed by atoms with Crippen molar-refractivity contribution in [3.05, 3.63) is 97.2 Å². The van der Waals surface area contributed by atoms with Gasteiger partial charge >= 0.3 is 17.9 Å². The predicted octanol–water partition coefficient (Wildman–Crippen LogP) is 23.2. The van der Waals surface area contributed by atoms with Gasteiger partial charge in [-0.05, 0) is 116 Å². The van der Waals surface area contributed by atoms with E-state index in [4.69, 9.17) is 14.2 Å². The van der Waals surface area contributed by atoms with Crippen LogP contribution in [-0.2, 0) is 28.6 Å². The maximum atomic E-state index is 12.9. The summed E-state index contributed by atoms with van der Waals surface area (Å²) in [6, 6.07) is 0. The topological polar surface area (TPSA) is 78.9 Å². The Hall–Kier alpha value is -3.67. The van der Waals surface area contributed by atoms with E-state index in [1.807, 2.05) is 0 Å². The average molecular weight is 1100 g/mol. The normalized spacial score (nSPS) is 12.7. The zero-order valence-corrected chi connectivity index (χ0v) is 52.1. The summed E-state index contributed by atoms with van der Waals surface area (Å²) >= 11 is 0. The largest absolute Gasteiger partial charge is 0.462 e. The van der Waals surface area contributed by atoms with Gasteiger partial charge < -0.3 is 14.2 Å². The molecule has 0 saturated heterocycles. The molecule has 0 N–H and O–H groups in total. The summed E-state index contributed by atoms with van der Waals surface area (Å²) in [5, 5.41) is 0. The number of hydrogen-bond donors (Lipinski definition) is 0. The molecule has 0 aliphatic rings. The van der Waals surface area contributed by atoms with Gasteiger partial charge in [-0.2, -0.15) is 0 Å². The van der Waals surface area contributed by atoms with E-state index in [-0.39, 0.29) is 31.1 Å². The zero-order valence-electron chi connectivity index (χ0n) is 52.1. The van der Waals surface area contributed by atoms with Crippen LogP contribution in [0, 0.1) is 0 Å². The molecule has 0 spiro atoms. The van der Waals surface area contributed by atoms with Crippen molar-refractivity contribution in [2.24, 2.45) is 0 Å². The molecular weight excluding hydrogens is 973 g/mol. The highest BCUT2D eigenvalue weighted by Crippen LogP contribution is 2.17. The summed E-state index contributed by atoms with van der Waals surface area (Å²) in [5.41, 5.74) is 0. The molecule has 0 aliphatic carbocycles. The molecule has 79 heavy (non-hydrogen) atoms. The molecule has 1 atom stereocenters. The molecule has 0 saturated carbocycles. The lowest BCUT2D eigenvalue weighted by Crippen LogP contribution is -2.30. The number of rotatable bonds is 61. The maximum Gasteiger partial charge on any atom is 0.306 e. The molecule has 0 aromatic heterocycles. The fourth-order valence-electron chi connectivity index (χ4n) is 9.56. The SMILES string of the molecule is CC/C=C\C/C=C\C/C=C\C/C=C\CCCCCCCCCCCCCCCCCCC(=O)OCC(COC(=O)CCCCCCC/C=C\C/C=C\C/C=C\CC)OC(=O)CCCCCCCCC/C=C\CCCCCCCC. The molecular formula is C73H126O6. The number of carbonyl (C=O) groups excluding carboxylic acids is 3. The fraction of sp³-hybridized carbons (Fsp3) is 0.740. The van der Waals surface area contributed by atoms with Crippen molar-refractivity contribution < 1.29 is 28.6 Å². The number of unbranched alkanes of at least 4 members (excludes halogenated alkanes) is 34. The van der Waals surface area contributed by atoms with Gasteiger partial charge in [0.15, 0.2) is 6.10 Å². The molecule has 6 heteroatoms. The van der Waals surface area contributed by atoms with E-state index in [0.717, 1.165) is 122 Å². The summed E-state index contributed by atoms with van der Waals surface area (Å²) in [6.07, 6.45) is 90.0. The van der Waals surface area contributed by atoms with Crippen LogP contribution < -0.4 is 0 Å². The van der Waals surface area contributed by atoms with Crippen LogP contribution in [0.15, 0.2) is 97.2 Å². The van der Waals surface area contributed by atoms with Gasteiger partial charge in [0, 0.05) is 19.3 Å². The van der Waals surface area contributed by atoms with Crippen molar-refractivity contribution in [1.82, 2.24) is 0 Å². The Bertz CT molecular complexity index is 1540. The van der Waals surface area contributed by atoms with Gasteiger partial charge in [-0.25, -0.2) is 0 Å². The number of allylic oxidation sites excluding steroid dienone is 16. The fourth-order valence-corrected chi connectivity index (χ4v) is 9.56. The molecule has 0 bridgehead atoms. The second-order valence-electron chi connectivity index (χ2n) is 22.3. The molecule has 0 radical (unpaired) electrons. The second-order valence-corrected chi connectivity index (χ2v) is 22.3. The third kappa shape index (κ3) is 65.0. The van der Waals surface area contributed by atoms with Crippen LogP contribution in [0.2, 0.25) is 0 Å². The molecule has 0 aliphatic heterocycles. The number of carbonyl (C=O) groups is 3. The van der Waals surface area contributed by atoms with Gasteiger partial charge in [0.05, 0.1) is 0 Å². The van der Waals surface area contributed by atoms with Gasteiger partial charge in [-0.1, -0.05) is 291 Å². The third-order valence-electron chi connectivity index (χ3n) is 14.6. The minimum absolute atomic E-state index is 0.0825. The van der Waals surface area contributed by atoms with Crippen molar-refractivity contribution in [2.45, 2.75) is 335 Å². The van der Waals surface area contributed by atoms with Crippen LogP contribution in [0.5, 0.6) is 0 Å². The van der Waals surface area contributed by atoms with E-state index in [0.29, 0.717) is 19.3 Å². The Kier molecular flexibility index (Phi) is 63.7. The molecule has 0 aromatic rings. The smallest absolute Gasteiger partial charge is 0.306 e. The Morgan fingerprint density at radius 2 is 0.494 bits per heavy atom. The van der Waals surface area contributed by atoms with Crippen molar-refractivity contribution in [3.63, 3.8) is 0 Å². The van der Waals surface area contributed by atoms with Gasteiger partial charge in [-0.15, -0.1) is 0 Å². The second kappa shape index (κ2) is 66.8. The van der Waals surface area contributed by atoms with Gasteiger partial charge in [0.2, 0.25) is 0 Å². The lowest BCUT2D eigenvalue weighted by atomic mass is 10.0. The van der Waals surface area contributed by atoms with Gasteiger partial charge in [0.25, 0.3) is 0 Å². The highest BCUT2D eigenvalue weighted by molar-refractivity contribution is 5.71. The average Bonchev–Trinajstić information content (AvgIpc) is 3.45. The lowest BCUT2D eigenvalue weighted by molar-refractivity contribution is -0.167. The van der Waals surface area contributed by atoms with Crippen molar-refractivity contribution in [1.29, 1.82) is 0 Å². The first-order chi connectivity index (χ1) is 39.0. The van der Waals surface area contributed by atoms with E-state index in [1.54, 1.807) is 0 Å². The van der Waals surface area contributed by atoms with Crippen LogP contribution in [0.25, 0.3) is 0 Å². The van der Waals surface area contributed by atoms with Crippen LogP contribution in [0.1, 0.15) is 329 Å². The minimum atomic E-state index is -0.788. The quantitative estimate of drug-likeness (QED) is 0.0261. The maximum absolute atomic E-state index is 12.9. The first-order valence-corrected chi connectivity index (χ1v) is 33.7. The number of hydrogen-bond acceptors (Lipinski definition) is 6. The summed E-state index contributed by atoms with van der Waals surface area (Å²) in [4.78, 5) is 38.4. The first-order valence-electron chi connectivity index (χ1n) is 33.7. The Morgan fingerprint density at radius 3 is 0.785 bits per heavy atom. The third-order valence-corrected chi connectivity index (χ3v) is 14.6. The monoisotopic (exact) mass is 1100 g/mol. The molecule has 6 nitrogen and oxygen atoms in total. The van der Waals surface area contributed by atoms with E-state index < -0.39 is 6.10 Å². The minimum Gasteiger partial charge on any atom is -0.462 e. The van der Waals surface area contributed by atoms with E-state index in [2.05, 4.69) is 118 Å². The van der Waals surface area contributed by atoms with E-state index >= 15 is 0 Å². The van der Waals surface area contributed by atoms with Gasteiger partial charge in [-0.3, -0.25) is 14.4 Å². The number of ether oxygens (including phenoxy) is 3. The molecule has 0 fully saturated rings. The van der Waals surface area contributed by atoms with Gasteiger partial charge in [0.1, 0.15) is 13.2 Å². The predicted molar refractivity (Wildman–Crippen MR) is 344 cm³/mol. The molecule has 1 unspecified atom stereocenters. The Balaban J connectivity index is 4.26. The zero-order chi connectivity index (χ0) is 57.1. The molecule has 0 heterocycles. The molecule has 0 rings (SSSR count). The van der Waals surface area contributed by atoms with Crippen LogP contribution in [0.4, 0.5) is 0 Å². The summed E-state index contributed by atoms with van der Waals surface area (Å²) in [6.45, 7) is 6.43. The highest BCUT2D eigenvalue weighted by Gasteiger charge is 2.19. The van der Waals surface area contributed by atoms with Crippen molar-refractivity contribution >= 4 is 17.9 Å². The van der Waals surface area contributed by atoms with Crippen LogP contribution >= 0.6 is 0 Å². The number of esters is 3. The standard InChI is InChI=1S/C73H126O6/c1-4-7-10-13-16-19-22-25-28-30-31-32-33-34-35-36-37-38-39-40-41-43-45-48-51-54-57-60-63-66-72(75)78-69-70(68-77-71(74)65-62-59-56-53-50-47-44-27-24-21-18-15-12-9-6-3)79-73(76)67-64-61-58-55-52-49-46-42-29-26-23-20-17-14-11-8-5-2/h7,9-10,12,16,18-19,21,25-29,31-32,44,70H,4-6,8,11,13-15,17,20,22-24,30,33-43,45-69H2,1-3H3/b10-7-,12-9-,19-16-,21-18-,28-25-,29-26-,32-31-,44-27-.